The van der Waals surface area contributed by atoms with E-state index in [1.165, 1.54) is 5.56 Å². The quantitative estimate of drug-likeness (QED) is 0.891. The van der Waals surface area contributed by atoms with Gasteiger partial charge in [-0.1, -0.05) is 23.7 Å². The van der Waals surface area contributed by atoms with Crippen molar-refractivity contribution < 1.29 is 0 Å². The first-order chi connectivity index (χ1) is 9.60. The molecule has 0 fully saturated rings. The SMILES string of the molecule is CN(Cc1ccc(Cl)cc1)C(CN)c1cncc(Br)c1. The van der Waals surface area contributed by atoms with Crippen LogP contribution in [0, 0.1) is 0 Å². The molecule has 0 bridgehead atoms. The summed E-state index contributed by atoms with van der Waals surface area (Å²) < 4.78 is 0.966. The molecule has 0 aliphatic rings. The van der Waals surface area contributed by atoms with Crippen LogP contribution in [0.15, 0.2) is 47.2 Å². The third-order valence-electron chi connectivity index (χ3n) is 3.21. The van der Waals surface area contributed by atoms with E-state index >= 15 is 0 Å². The zero-order chi connectivity index (χ0) is 14.5. The van der Waals surface area contributed by atoms with Crippen LogP contribution in [-0.4, -0.2) is 23.5 Å². The molecule has 5 heteroatoms. The molecule has 1 aromatic carbocycles. The van der Waals surface area contributed by atoms with Gasteiger partial charge in [0.1, 0.15) is 0 Å². The average molecular weight is 355 g/mol. The molecule has 0 radical (unpaired) electrons. The number of hydrogen-bond acceptors (Lipinski definition) is 3. The minimum Gasteiger partial charge on any atom is -0.329 e. The first kappa shape index (κ1) is 15.4. The van der Waals surface area contributed by atoms with Crippen LogP contribution >= 0.6 is 27.5 Å². The lowest BCUT2D eigenvalue weighted by atomic mass is 10.1. The average Bonchev–Trinajstić information content (AvgIpc) is 2.42. The molecule has 0 aliphatic heterocycles. The van der Waals surface area contributed by atoms with E-state index in [0.717, 1.165) is 21.6 Å². The van der Waals surface area contributed by atoms with E-state index in [2.05, 4.69) is 38.9 Å². The van der Waals surface area contributed by atoms with E-state index in [4.69, 9.17) is 17.3 Å². The smallest absolute Gasteiger partial charge is 0.0486 e. The fourth-order valence-electron chi connectivity index (χ4n) is 2.17. The maximum Gasteiger partial charge on any atom is 0.0486 e. The van der Waals surface area contributed by atoms with Crippen LogP contribution < -0.4 is 5.73 Å². The lowest BCUT2D eigenvalue weighted by molar-refractivity contribution is 0.241. The number of likely N-dealkylation sites (N-methyl/N-ethyl adjacent to an activating group) is 1. The largest absolute Gasteiger partial charge is 0.329 e. The molecule has 106 valence electrons. The molecule has 0 saturated carbocycles. The van der Waals surface area contributed by atoms with Gasteiger partial charge in [-0.25, -0.2) is 0 Å². The Hall–Kier alpha value is -0.940. The minimum atomic E-state index is 0.135. The molecule has 0 saturated heterocycles. The first-order valence-electron chi connectivity index (χ1n) is 6.35. The zero-order valence-corrected chi connectivity index (χ0v) is 13.6. The number of aromatic nitrogens is 1. The molecule has 2 N–H and O–H groups in total. The number of halogens is 2. The van der Waals surface area contributed by atoms with Crippen LogP contribution in [0.25, 0.3) is 0 Å². The van der Waals surface area contributed by atoms with E-state index in [0.29, 0.717) is 6.54 Å². The van der Waals surface area contributed by atoms with Gasteiger partial charge in [-0.2, -0.15) is 0 Å². The molecule has 1 atom stereocenters. The number of nitrogens with zero attached hydrogens (tertiary/aromatic N) is 2. The van der Waals surface area contributed by atoms with Crippen molar-refractivity contribution in [3.8, 4) is 0 Å². The summed E-state index contributed by atoms with van der Waals surface area (Å²) in [6.45, 7) is 1.35. The van der Waals surface area contributed by atoms with Crippen molar-refractivity contribution in [1.82, 2.24) is 9.88 Å². The van der Waals surface area contributed by atoms with Crippen molar-refractivity contribution in [2.24, 2.45) is 5.73 Å². The van der Waals surface area contributed by atoms with Crippen molar-refractivity contribution in [3.05, 3.63) is 63.3 Å². The van der Waals surface area contributed by atoms with Gasteiger partial charge < -0.3 is 5.73 Å². The Morgan fingerprint density at radius 2 is 2.00 bits per heavy atom. The van der Waals surface area contributed by atoms with Crippen molar-refractivity contribution in [3.63, 3.8) is 0 Å². The van der Waals surface area contributed by atoms with Gasteiger partial charge >= 0.3 is 0 Å². The molecule has 0 spiro atoms. The van der Waals surface area contributed by atoms with Gasteiger partial charge in [0, 0.05) is 41.0 Å². The topological polar surface area (TPSA) is 42.1 Å². The van der Waals surface area contributed by atoms with E-state index in [9.17, 15) is 0 Å². The summed E-state index contributed by atoms with van der Waals surface area (Å²) in [5.74, 6) is 0. The molecular weight excluding hydrogens is 338 g/mol. The predicted molar refractivity (Wildman–Crippen MR) is 86.7 cm³/mol. The maximum atomic E-state index is 5.93. The number of hydrogen-bond donors (Lipinski definition) is 1. The van der Waals surface area contributed by atoms with Crippen molar-refractivity contribution in [1.29, 1.82) is 0 Å². The van der Waals surface area contributed by atoms with Gasteiger partial charge in [-0.05, 0) is 52.3 Å². The molecule has 20 heavy (non-hydrogen) atoms. The maximum absolute atomic E-state index is 5.93. The third-order valence-corrected chi connectivity index (χ3v) is 3.90. The highest BCUT2D eigenvalue weighted by atomic mass is 79.9. The highest BCUT2D eigenvalue weighted by Gasteiger charge is 2.16. The summed E-state index contributed by atoms with van der Waals surface area (Å²) >= 11 is 9.35. The van der Waals surface area contributed by atoms with E-state index in [1.807, 2.05) is 30.5 Å². The highest BCUT2D eigenvalue weighted by Crippen LogP contribution is 2.22. The summed E-state index contributed by atoms with van der Waals surface area (Å²) in [6.07, 6.45) is 3.64. The Morgan fingerprint density at radius 3 is 2.60 bits per heavy atom. The van der Waals surface area contributed by atoms with Crippen LogP contribution in [-0.2, 0) is 6.54 Å². The molecule has 0 amide bonds. The molecule has 1 heterocycles. The van der Waals surface area contributed by atoms with Crippen molar-refractivity contribution >= 4 is 27.5 Å². The monoisotopic (exact) mass is 353 g/mol. The summed E-state index contributed by atoms with van der Waals surface area (Å²) in [5.41, 5.74) is 8.24. The second-order valence-corrected chi connectivity index (χ2v) is 6.08. The van der Waals surface area contributed by atoms with Crippen LogP contribution in [0.4, 0.5) is 0 Å². The van der Waals surface area contributed by atoms with Gasteiger partial charge in [0.05, 0.1) is 0 Å². The summed E-state index contributed by atoms with van der Waals surface area (Å²) in [7, 11) is 2.06. The number of benzene rings is 1. The molecule has 1 unspecified atom stereocenters. The Kier molecular flexibility index (Phi) is 5.54. The molecular formula is C15H17BrClN3. The lowest BCUT2D eigenvalue weighted by Crippen LogP contribution is -2.30. The van der Waals surface area contributed by atoms with Crippen LogP contribution in [0.1, 0.15) is 17.2 Å². The number of pyridine rings is 1. The molecule has 1 aromatic heterocycles. The van der Waals surface area contributed by atoms with E-state index < -0.39 is 0 Å². The summed E-state index contributed by atoms with van der Waals surface area (Å²) in [6, 6.07) is 10.1. The number of nitrogens with two attached hydrogens (primary N) is 1. The first-order valence-corrected chi connectivity index (χ1v) is 7.52. The zero-order valence-electron chi connectivity index (χ0n) is 11.3. The van der Waals surface area contributed by atoms with Crippen LogP contribution in [0.3, 0.4) is 0 Å². The summed E-state index contributed by atoms with van der Waals surface area (Å²) in [5, 5.41) is 0.753. The van der Waals surface area contributed by atoms with E-state index in [-0.39, 0.29) is 6.04 Å². The van der Waals surface area contributed by atoms with Crippen LogP contribution in [0.5, 0.6) is 0 Å². The van der Waals surface area contributed by atoms with Gasteiger partial charge in [0.25, 0.3) is 0 Å². The molecule has 0 aliphatic carbocycles. The second kappa shape index (κ2) is 7.18. The van der Waals surface area contributed by atoms with E-state index in [1.54, 1.807) is 6.20 Å². The molecule has 2 rings (SSSR count). The van der Waals surface area contributed by atoms with Gasteiger partial charge in [0.2, 0.25) is 0 Å². The Bertz CT molecular complexity index is 559. The minimum absolute atomic E-state index is 0.135. The Morgan fingerprint density at radius 1 is 1.30 bits per heavy atom. The van der Waals surface area contributed by atoms with Crippen LogP contribution in [0.2, 0.25) is 5.02 Å². The van der Waals surface area contributed by atoms with Crippen molar-refractivity contribution in [2.45, 2.75) is 12.6 Å². The second-order valence-electron chi connectivity index (χ2n) is 4.73. The summed E-state index contributed by atoms with van der Waals surface area (Å²) in [4.78, 5) is 6.42. The standard InChI is InChI=1S/C15H17BrClN3/c1-20(10-11-2-4-14(17)5-3-11)15(7-18)12-6-13(16)9-19-8-12/h2-6,8-9,15H,7,10,18H2,1H3. The predicted octanol–water partition coefficient (Wildman–Crippen LogP) is 3.63. The fourth-order valence-corrected chi connectivity index (χ4v) is 2.68. The highest BCUT2D eigenvalue weighted by molar-refractivity contribution is 9.10. The van der Waals surface area contributed by atoms with Gasteiger partial charge in [0.15, 0.2) is 0 Å². The normalized spacial score (nSPS) is 12.7. The third kappa shape index (κ3) is 4.03. The lowest BCUT2D eigenvalue weighted by Gasteiger charge is -2.27. The fraction of sp³-hybridized carbons (Fsp3) is 0.267. The molecule has 3 nitrogen and oxygen atoms in total. The Labute approximate surface area is 132 Å². The van der Waals surface area contributed by atoms with Gasteiger partial charge in [-0.3, -0.25) is 9.88 Å². The number of rotatable bonds is 5. The molecule has 2 aromatic rings. The Balaban J connectivity index is 2.13. The van der Waals surface area contributed by atoms with Crippen molar-refractivity contribution in [2.75, 3.05) is 13.6 Å². The van der Waals surface area contributed by atoms with Gasteiger partial charge in [-0.15, -0.1) is 0 Å².